The first-order chi connectivity index (χ1) is 9.96. The van der Waals surface area contributed by atoms with Crippen LogP contribution in [0.5, 0.6) is 5.88 Å². The second-order valence-electron chi connectivity index (χ2n) is 5.76. The molecule has 116 valence electrons. The van der Waals surface area contributed by atoms with Gasteiger partial charge in [0.1, 0.15) is 6.10 Å². The van der Waals surface area contributed by atoms with Crippen molar-refractivity contribution in [2.75, 3.05) is 32.1 Å². The van der Waals surface area contributed by atoms with Gasteiger partial charge in [0.2, 0.25) is 15.9 Å². The van der Waals surface area contributed by atoms with Gasteiger partial charge in [-0.2, -0.15) is 4.31 Å². The molecule has 2 fully saturated rings. The van der Waals surface area contributed by atoms with Gasteiger partial charge < -0.3 is 9.64 Å². The van der Waals surface area contributed by atoms with E-state index in [0.717, 1.165) is 18.7 Å². The van der Waals surface area contributed by atoms with Gasteiger partial charge in [-0.25, -0.2) is 8.42 Å². The Balaban J connectivity index is 1.59. The first-order valence-electron chi connectivity index (χ1n) is 7.13. The fraction of sp³-hybridized carbons (Fsp3) is 0.692. The summed E-state index contributed by atoms with van der Waals surface area (Å²) < 4.78 is 31.6. The SMILES string of the molecule is CN(C)c1ccc(OC2CCN(S(=O)(=O)C3CC3)C2)nn1. The number of hydrogen-bond acceptors (Lipinski definition) is 6. The highest BCUT2D eigenvalue weighted by molar-refractivity contribution is 7.90. The Hall–Kier alpha value is -1.41. The van der Waals surface area contributed by atoms with Crippen LogP contribution in [0.25, 0.3) is 0 Å². The van der Waals surface area contributed by atoms with Crippen molar-refractivity contribution >= 4 is 15.8 Å². The number of ether oxygens (including phenoxy) is 1. The van der Waals surface area contributed by atoms with Crippen molar-refractivity contribution in [3.63, 3.8) is 0 Å². The Bertz CT molecular complexity index is 598. The summed E-state index contributed by atoms with van der Waals surface area (Å²) in [5.41, 5.74) is 0. The molecule has 1 aliphatic carbocycles. The molecule has 1 atom stereocenters. The summed E-state index contributed by atoms with van der Waals surface area (Å²) in [5, 5.41) is 7.90. The predicted octanol–water partition coefficient (Wildman–Crippen LogP) is 0.488. The van der Waals surface area contributed by atoms with Crippen molar-refractivity contribution < 1.29 is 13.2 Å². The molecule has 2 aliphatic rings. The largest absolute Gasteiger partial charge is 0.472 e. The van der Waals surface area contributed by atoms with Crippen LogP contribution in [0.1, 0.15) is 19.3 Å². The van der Waals surface area contributed by atoms with Crippen molar-refractivity contribution in [1.29, 1.82) is 0 Å². The number of hydrogen-bond donors (Lipinski definition) is 0. The molecular weight excluding hydrogens is 292 g/mol. The lowest BCUT2D eigenvalue weighted by Gasteiger charge is -2.16. The summed E-state index contributed by atoms with van der Waals surface area (Å²) in [6.07, 6.45) is 2.14. The lowest BCUT2D eigenvalue weighted by Crippen LogP contribution is -2.33. The van der Waals surface area contributed by atoms with E-state index in [1.165, 1.54) is 0 Å². The first-order valence-corrected chi connectivity index (χ1v) is 8.64. The third kappa shape index (κ3) is 3.11. The maximum atomic E-state index is 12.1. The maximum absolute atomic E-state index is 12.1. The molecule has 1 saturated carbocycles. The van der Waals surface area contributed by atoms with E-state index in [4.69, 9.17) is 4.74 Å². The van der Waals surface area contributed by atoms with Crippen LogP contribution in [-0.4, -0.2) is 61.5 Å². The van der Waals surface area contributed by atoms with Crippen LogP contribution in [0, 0.1) is 0 Å². The Morgan fingerprint density at radius 1 is 1.24 bits per heavy atom. The van der Waals surface area contributed by atoms with Crippen LogP contribution in [0.3, 0.4) is 0 Å². The molecule has 21 heavy (non-hydrogen) atoms. The molecule has 1 saturated heterocycles. The summed E-state index contributed by atoms with van der Waals surface area (Å²) in [6.45, 7) is 0.947. The van der Waals surface area contributed by atoms with Crippen LogP contribution in [0.15, 0.2) is 12.1 Å². The molecule has 2 heterocycles. The fourth-order valence-electron chi connectivity index (χ4n) is 2.39. The zero-order valence-electron chi connectivity index (χ0n) is 12.3. The zero-order chi connectivity index (χ0) is 15.0. The Morgan fingerprint density at radius 3 is 2.57 bits per heavy atom. The molecule has 0 N–H and O–H groups in total. The van der Waals surface area contributed by atoms with Gasteiger partial charge in [-0.3, -0.25) is 0 Å². The normalized spacial score (nSPS) is 23.2. The number of aromatic nitrogens is 2. The summed E-state index contributed by atoms with van der Waals surface area (Å²) in [5.74, 6) is 1.20. The summed E-state index contributed by atoms with van der Waals surface area (Å²) >= 11 is 0. The molecule has 8 heteroatoms. The zero-order valence-corrected chi connectivity index (χ0v) is 13.1. The molecule has 0 bridgehead atoms. The van der Waals surface area contributed by atoms with Crippen LogP contribution in [0.4, 0.5) is 5.82 Å². The Kier molecular flexibility index (Phi) is 3.75. The van der Waals surface area contributed by atoms with Crippen LogP contribution < -0.4 is 9.64 Å². The average Bonchev–Trinajstić information content (AvgIpc) is 3.21. The average molecular weight is 312 g/mol. The highest BCUT2D eigenvalue weighted by atomic mass is 32.2. The third-order valence-electron chi connectivity index (χ3n) is 3.78. The van der Waals surface area contributed by atoms with Gasteiger partial charge in [0.15, 0.2) is 5.82 Å². The van der Waals surface area contributed by atoms with Gasteiger partial charge in [-0.15, -0.1) is 10.2 Å². The van der Waals surface area contributed by atoms with Gasteiger partial charge in [-0.1, -0.05) is 0 Å². The first kappa shape index (κ1) is 14.5. The molecule has 0 aromatic carbocycles. The Morgan fingerprint density at radius 2 is 2.00 bits per heavy atom. The molecule has 3 rings (SSSR count). The quantitative estimate of drug-likeness (QED) is 0.787. The molecule has 1 aliphatic heterocycles. The van der Waals surface area contributed by atoms with E-state index in [1.54, 1.807) is 10.4 Å². The molecule has 0 spiro atoms. The van der Waals surface area contributed by atoms with E-state index in [9.17, 15) is 8.42 Å². The standard InChI is InChI=1S/C13H20N4O3S/c1-16(2)12-5-6-13(15-14-12)20-10-7-8-17(9-10)21(18,19)11-3-4-11/h5-6,10-11H,3-4,7-9H2,1-2H3. The van der Waals surface area contributed by atoms with Gasteiger partial charge in [-0.05, 0) is 25.3 Å². The monoisotopic (exact) mass is 312 g/mol. The molecule has 1 aromatic rings. The van der Waals surface area contributed by atoms with E-state index < -0.39 is 10.0 Å². The lowest BCUT2D eigenvalue weighted by molar-refractivity contribution is 0.204. The second-order valence-corrected chi connectivity index (χ2v) is 7.97. The third-order valence-corrected chi connectivity index (χ3v) is 6.15. The highest BCUT2D eigenvalue weighted by Crippen LogP contribution is 2.33. The number of nitrogens with zero attached hydrogens (tertiary/aromatic N) is 4. The summed E-state index contributed by atoms with van der Waals surface area (Å²) in [4.78, 5) is 1.86. The number of sulfonamides is 1. The lowest BCUT2D eigenvalue weighted by atomic mass is 10.3. The van der Waals surface area contributed by atoms with E-state index in [0.29, 0.717) is 25.4 Å². The highest BCUT2D eigenvalue weighted by Gasteiger charge is 2.43. The molecule has 0 radical (unpaired) electrons. The van der Waals surface area contributed by atoms with Crippen molar-refractivity contribution in [2.45, 2.75) is 30.6 Å². The van der Waals surface area contributed by atoms with Crippen molar-refractivity contribution in [1.82, 2.24) is 14.5 Å². The van der Waals surface area contributed by atoms with Crippen LogP contribution >= 0.6 is 0 Å². The van der Waals surface area contributed by atoms with Gasteiger partial charge in [0.25, 0.3) is 0 Å². The second kappa shape index (κ2) is 5.42. The summed E-state index contributed by atoms with van der Waals surface area (Å²) in [6, 6.07) is 3.59. The molecular formula is C13H20N4O3S. The minimum atomic E-state index is -3.10. The van der Waals surface area contributed by atoms with Crippen LogP contribution in [-0.2, 0) is 10.0 Å². The maximum Gasteiger partial charge on any atom is 0.233 e. The Labute approximate surface area is 125 Å². The van der Waals surface area contributed by atoms with E-state index in [1.807, 2.05) is 25.1 Å². The predicted molar refractivity (Wildman–Crippen MR) is 78.9 cm³/mol. The number of anilines is 1. The minimum absolute atomic E-state index is 0.141. The van der Waals surface area contributed by atoms with Crippen molar-refractivity contribution in [2.24, 2.45) is 0 Å². The molecule has 1 unspecified atom stereocenters. The number of rotatable bonds is 5. The van der Waals surface area contributed by atoms with Crippen LogP contribution in [0.2, 0.25) is 0 Å². The van der Waals surface area contributed by atoms with E-state index in [2.05, 4.69) is 10.2 Å². The van der Waals surface area contributed by atoms with Crippen molar-refractivity contribution in [3.8, 4) is 5.88 Å². The fourth-order valence-corrected chi connectivity index (χ4v) is 4.27. The van der Waals surface area contributed by atoms with E-state index in [-0.39, 0.29) is 11.4 Å². The molecule has 0 amide bonds. The van der Waals surface area contributed by atoms with Crippen molar-refractivity contribution in [3.05, 3.63) is 12.1 Å². The van der Waals surface area contributed by atoms with E-state index >= 15 is 0 Å². The van der Waals surface area contributed by atoms with Gasteiger partial charge in [0.05, 0.1) is 11.8 Å². The van der Waals surface area contributed by atoms with Gasteiger partial charge >= 0.3 is 0 Å². The summed E-state index contributed by atoms with van der Waals surface area (Å²) in [7, 11) is 0.684. The minimum Gasteiger partial charge on any atom is -0.472 e. The smallest absolute Gasteiger partial charge is 0.233 e. The topological polar surface area (TPSA) is 75.6 Å². The molecule has 7 nitrogen and oxygen atoms in total. The van der Waals surface area contributed by atoms with Gasteiger partial charge in [0, 0.05) is 26.7 Å². The molecule has 1 aromatic heterocycles.